The maximum Gasteiger partial charge on any atom is 0.224 e. The lowest BCUT2D eigenvalue weighted by molar-refractivity contribution is 0.00926. The SMILES string of the molecule is COc1cncc(CCNc2ncc(C#N)c(NC3CCC(O)C(C)(C)C3)n2)c1. The zero-order valence-electron chi connectivity index (χ0n) is 17.1. The van der Waals surface area contributed by atoms with Gasteiger partial charge in [0.1, 0.15) is 23.2 Å². The molecule has 1 aliphatic rings. The Hall–Kier alpha value is -2.92. The van der Waals surface area contributed by atoms with Gasteiger partial charge in [0.25, 0.3) is 0 Å². The molecule has 29 heavy (non-hydrogen) atoms. The van der Waals surface area contributed by atoms with Crippen molar-refractivity contribution < 1.29 is 9.84 Å². The van der Waals surface area contributed by atoms with Crippen LogP contribution in [-0.2, 0) is 6.42 Å². The summed E-state index contributed by atoms with van der Waals surface area (Å²) in [5.74, 6) is 1.73. The first-order valence-electron chi connectivity index (χ1n) is 9.85. The van der Waals surface area contributed by atoms with Crippen molar-refractivity contribution in [1.29, 1.82) is 5.26 Å². The maximum absolute atomic E-state index is 10.2. The van der Waals surface area contributed by atoms with Gasteiger partial charge < -0.3 is 20.5 Å². The molecule has 8 heteroatoms. The van der Waals surface area contributed by atoms with E-state index < -0.39 is 0 Å². The van der Waals surface area contributed by atoms with E-state index in [0.717, 1.165) is 37.0 Å². The van der Waals surface area contributed by atoms with Gasteiger partial charge in [0.2, 0.25) is 5.95 Å². The number of aliphatic hydroxyl groups is 1. The van der Waals surface area contributed by atoms with Crippen molar-refractivity contribution >= 4 is 11.8 Å². The van der Waals surface area contributed by atoms with E-state index in [2.05, 4.69) is 45.5 Å². The van der Waals surface area contributed by atoms with Crippen LogP contribution in [0.1, 0.15) is 44.2 Å². The molecular weight excluding hydrogens is 368 g/mol. The maximum atomic E-state index is 10.2. The van der Waals surface area contributed by atoms with Crippen LogP contribution >= 0.6 is 0 Å². The lowest BCUT2D eigenvalue weighted by Gasteiger charge is -2.40. The van der Waals surface area contributed by atoms with Crippen molar-refractivity contribution in [2.24, 2.45) is 5.41 Å². The van der Waals surface area contributed by atoms with Crippen LogP contribution in [0.2, 0.25) is 0 Å². The van der Waals surface area contributed by atoms with Gasteiger partial charge in [0.15, 0.2) is 0 Å². The summed E-state index contributed by atoms with van der Waals surface area (Å²) in [5, 5.41) is 26.2. The average Bonchev–Trinajstić information content (AvgIpc) is 2.71. The van der Waals surface area contributed by atoms with Gasteiger partial charge in [-0.15, -0.1) is 0 Å². The van der Waals surface area contributed by atoms with Crippen LogP contribution in [0.15, 0.2) is 24.7 Å². The first-order chi connectivity index (χ1) is 13.9. The van der Waals surface area contributed by atoms with E-state index in [1.54, 1.807) is 19.5 Å². The Bertz CT molecular complexity index is 880. The largest absolute Gasteiger partial charge is 0.495 e. The Kier molecular flexibility index (Phi) is 6.49. The number of hydrogen-bond acceptors (Lipinski definition) is 8. The monoisotopic (exact) mass is 396 g/mol. The Morgan fingerprint density at radius 1 is 1.31 bits per heavy atom. The summed E-state index contributed by atoms with van der Waals surface area (Å²) >= 11 is 0. The molecule has 0 saturated heterocycles. The molecule has 2 unspecified atom stereocenters. The molecule has 3 rings (SSSR count). The third-order valence-electron chi connectivity index (χ3n) is 5.42. The summed E-state index contributed by atoms with van der Waals surface area (Å²) in [5.41, 5.74) is 1.30. The summed E-state index contributed by atoms with van der Waals surface area (Å²) in [4.78, 5) is 12.9. The van der Waals surface area contributed by atoms with Crippen molar-refractivity contribution in [2.45, 2.75) is 51.7 Å². The van der Waals surface area contributed by atoms with E-state index in [-0.39, 0.29) is 17.6 Å². The van der Waals surface area contributed by atoms with E-state index in [4.69, 9.17) is 4.74 Å². The zero-order chi connectivity index (χ0) is 20.9. The molecule has 0 radical (unpaired) electrons. The normalized spacial score (nSPS) is 20.5. The third-order valence-corrected chi connectivity index (χ3v) is 5.42. The number of aliphatic hydroxyl groups excluding tert-OH is 1. The Balaban J connectivity index is 1.63. The number of aromatic nitrogens is 3. The predicted molar refractivity (Wildman–Crippen MR) is 111 cm³/mol. The van der Waals surface area contributed by atoms with Gasteiger partial charge in [-0.05, 0) is 42.7 Å². The van der Waals surface area contributed by atoms with Gasteiger partial charge in [-0.2, -0.15) is 10.2 Å². The second-order valence-corrected chi connectivity index (χ2v) is 8.10. The average molecular weight is 396 g/mol. The number of rotatable bonds is 7. The topological polar surface area (TPSA) is 116 Å². The van der Waals surface area contributed by atoms with Crippen LogP contribution in [0, 0.1) is 16.7 Å². The van der Waals surface area contributed by atoms with Crippen molar-refractivity contribution in [1.82, 2.24) is 15.0 Å². The molecule has 1 aliphatic carbocycles. The first-order valence-corrected chi connectivity index (χ1v) is 9.85. The lowest BCUT2D eigenvalue weighted by Crippen LogP contribution is -2.41. The minimum atomic E-state index is -0.301. The van der Waals surface area contributed by atoms with Crippen LogP contribution in [-0.4, -0.2) is 45.9 Å². The molecule has 1 fully saturated rings. The fraction of sp³-hybridized carbons (Fsp3) is 0.524. The molecular formula is C21H28N6O2. The van der Waals surface area contributed by atoms with E-state index in [1.165, 1.54) is 6.20 Å². The summed E-state index contributed by atoms with van der Waals surface area (Å²) in [6, 6.07) is 4.25. The Labute approximate surface area is 171 Å². The standard InChI is InChI=1S/C21H28N6O2/c1-21(2)9-16(4-5-18(21)28)26-19-15(10-22)12-25-20(27-19)24-7-6-14-8-17(29-3)13-23-11-14/h8,11-13,16,18,28H,4-7,9H2,1-3H3,(H2,24,25,26,27). The molecule has 0 aliphatic heterocycles. The Morgan fingerprint density at radius 3 is 2.86 bits per heavy atom. The van der Waals surface area contributed by atoms with Gasteiger partial charge >= 0.3 is 0 Å². The summed E-state index contributed by atoms with van der Waals surface area (Å²) in [6.45, 7) is 4.76. The molecule has 2 aromatic heterocycles. The summed E-state index contributed by atoms with van der Waals surface area (Å²) in [6.07, 6.45) is 7.83. The van der Waals surface area contributed by atoms with Gasteiger partial charge in [0, 0.05) is 18.8 Å². The zero-order valence-corrected chi connectivity index (χ0v) is 17.1. The molecule has 2 atom stereocenters. The molecule has 3 N–H and O–H groups in total. The highest BCUT2D eigenvalue weighted by Gasteiger charge is 2.35. The van der Waals surface area contributed by atoms with E-state index >= 15 is 0 Å². The molecule has 0 amide bonds. The highest BCUT2D eigenvalue weighted by molar-refractivity contribution is 5.54. The molecule has 2 heterocycles. The molecule has 2 aromatic rings. The van der Waals surface area contributed by atoms with Gasteiger partial charge in [-0.1, -0.05) is 13.8 Å². The second-order valence-electron chi connectivity index (χ2n) is 8.10. The predicted octanol–water partition coefficient (Wildman–Crippen LogP) is 2.76. The highest BCUT2D eigenvalue weighted by Crippen LogP contribution is 2.36. The molecule has 0 aromatic carbocycles. The van der Waals surface area contributed by atoms with Gasteiger partial charge in [-0.3, -0.25) is 4.98 Å². The first kappa shape index (κ1) is 20.8. The Morgan fingerprint density at radius 2 is 2.14 bits per heavy atom. The number of ether oxygens (including phenoxy) is 1. The molecule has 0 spiro atoms. The number of anilines is 2. The van der Waals surface area contributed by atoms with Crippen molar-refractivity contribution in [3.05, 3.63) is 35.8 Å². The van der Waals surface area contributed by atoms with Crippen LogP contribution in [0.25, 0.3) is 0 Å². The number of hydrogen-bond donors (Lipinski definition) is 3. The van der Waals surface area contributed by atoms with Crippen LogP contribution < -0.4 is 15.4 Å². The lowest BCUT2D eigenvalue weighted by atomic mass is 9.73. The fourth-order valence-electron chi connectivity index (χ4n) is 3.63. The van der Waals surface area contributed by atoms with Crippen molar-refractivity contribution in [3.8, 4) is 11.8 Å². The molecule has 154 valence electrons. The van der Waals surface area contributed by atoms with Crippen molar-refractivity contribution in [3.63, 3.8) is 0 Å². The van der Waals surface area contributed by atoms with E-state index in [0.29, 0.717) is 23.9 Å². The van der Waals surface area contributed by atoms with Gasteiger partial charge in [-0.25, -0.2) is 4.98 Å². The van der Waals surface area contributed by atoms with E-state index in [1.807, 2.05) is 6.07 Å². The summed E-state index contributed by atoms with van der Waals surface area (Å²) in [7, 11) is 1.62. The summed E-state index contributed by atoms with van der Waals surface area (Å²) < 4.78 is 5.19. The second kappa shape index (κ2) is 9.05. The van der Waals surface area contributed by atoms with Gasteiger partial charge in [0.05, 0.1) is 25.6 Å². The third kappa shape index (κ3) is 5.33. The quantitative estimate of drug-likeness (QED) is 0.654. The number of nitrogens with one attached hydrogen (secondary N) is 2. The minimum Gasteiger partial charge on any atom is -0.495 e. The van der Waals surface area contributed by atoms with E-state index in [9.17, 15) is 10.4 Å². The number of methoxy groups -OCH3 is 1. The van der Waals surface area contributed by atoms with Crippen LogP contribution in [0.3, 0.4) is 0 Å². The highest BCUT2D eigenvalue weighted by atomic mass is 16.5. The molecule has 0 bridgehead atoms. The molecule has 8 nitrogen and oxygen atoms in total. The fourth-order valence-corrected chi connectivity index (χ4v) is 3.63. The van der Waals surface area contributed by atoms with Crippen LogP contribution in [0.5, 0.6) is 5.75 Å². The number of nitrogens with zero attached hydrogens (tertiary/aromatic N) is 4. The smallest absolute Gasteiger partial charge is 0.224 e. The minimum absolute atomic E-state index is 0.158. The molecule has 1 saturated carbocycles. The van der Waals surface area contributed by atoms with Crippen LogP contribution in [0.4, 0.5) is 11.8 Å². The number of nitriles is 1. The van der Waals surface area contributed by atoms with Crippen molar-refractivity contribution in [2.75, 3.05) is 24.3 Å². The number of pyridine rings is 1.